The minimum Gasteiger partial charge on any atom is -0.482 e. The van der Waals surface area contributed by atoms with Gasteiger partial charge in [0.15, 0.2) is 12.7 Å². The van der Waals surface area contributed by atoms with Crippen LogP contribution in [0.5, 0.6) is 11.5 Å². The van der Waals surface area contributed by atoms with E-state index in [9.17, 15) is 4.79 Å². The Balaban J connectivity index is 1.78. The van der Waals surface area contributed by atoms with Crippen molar-refractivity contribution < 1.29 is 23.7 Å². The zero-order valence-electron chi connectivity index (χ0n) is 19.6. The zero-order valence-corrected chi connectivity index (χ0v) is 19.6. The monoisotopic (exact) mass is 460 g/mol. The van der Waals surface area contributed by atoms with Crippen LogP contribution in [-0.4, -0.2) is 37.4 Å². The lowest BCUT2D eigenvalue weighted by atomic mass is 10.1. The van der Waals surface area contributed by atoms with E-state index in [1.807, 2.05) is 50.2 Å². The first-order valence-corrected chi connectivity index (χ1v) is 11.1. The van der Waals surface area contributed by atoms with Gasteiger partial charge in [-0.3, -0.25) is 0 Å². The van der Waals surface area contributed by atoms with Crippen molar-refractivity contribution in [2.24, 2.45) is 0 Å². The molecule has 0 N–H and O–H groups in total. The van der Waals surface area contributed by atoms with Crippen LogP contribution in [0.2, 0.25) is 0 Å². The Kier molecular flexibility index (Phi) is 9.01. The highest BCUT2D eigenvalue weighted by Gasteiger charge is 2.17. The first-order valence-electron chi connectivity index (χ1n) is 11.1. The van der Waals surface area contributed by atoms with Crippen LogP contribution in [0, 0.1) is 18.3 Å². The van der Waals surface area contributed by atoms with Gasteiger partial charge in [-0.05, 0) is 68.8 Å². The normalized spacial score (nSPS) is 11.4. The van der Waals surface area contributed by atoms with Crippen molar-refractivity contribution in [2.75, 3.05) is 26.4 Å². The molecule has 0 aliphatic carbocycles. The lowest BCUT2D eigenvalue weighted by molar-refractivity contribution is -0.145. The number of ether oxygens (including phenoxy) is 4. The van der Waals surface area contributed by atoms with Crippen molar-refractivity contribution in [3.63, 3.8) is 0 Å². The van der Waals surface area contributed by atoms with Gasteiger partial charge in [-0.15, -0.1) is 0 Å². The summed E-state index contributed by atoms with van der Waals surface area (Å²) in [7, 11) is 0. The highest BCUT2D eigenvalue weighted by Crippen LogP contribution is 2.28. The van der Waals surface area contributed by atoms with Crippen LogP contribution >= 0.6 is 0 Å². The van der Waals surface area contributed by atoms with Gasteiger partial charge in [0.25, 0.3) is 0 Å². The predicted molar refractivity (Wildman–Crippen MR) is 128 cm³/mol. The maximum atomic E-state index is 11.6. The molecule has 0 bridgehead atoms. The molecule has 0 aliphatic heterocycles. The van der Waals surface area contributed by atoms with Crippen LogP contribution in [0.25, 0.3) is 11.3 Å². The molecule has 1 heterocycles. The number of benzene rings is 2. The number of nitrogens with zero attached hydrogens (tertiary/aromatic N) is 2. The zero-order chi connectivity index (χ0) is 24.3. The summed E-state index contributed by atoms with van der Waals surface area (Å²) in [5.74, 6) is 0.811. The fourth-order valence-electron chi connectivity index (χ4n) is 3.27. The molecular weight excluding hydrogens is 432 g/mol. The van der Waals surface area contributed by atoms with Gasteiger partial charge in [0.05, 0.1) is 36.2 Å². The smallest absolute Gasteiger partial charge is 0.344 e. The second kappa shape index (κ2) is 12.4. The minimum absolute atomic E-state index is 0.145. The summed E-state index contributed by atoms with van der Waals surface area (Å²) in [6.45, 7) is 6.62. The third kappa shape index (κ3) is 6.80. The Morgan fingerprint density at radius 2 is 1.85 bits per heavy atom. The fourth-order valence-corrected chi connectivity index (χ4v) is 3.27. The molecule has 3 rings (SSSR count). The van der Waals surface area contributed by atoms with Crippen molar-refractivity contribution in [1.29, 1.82) is 5.26 Å². The first kappa shape index (κ1) is 24.7. The van der Waals surface area contributed by atoms with Gasteiger partial charge in [-0.25, -0.2) is 9.78 Å². The third-order valence-corrected chi connectivity index (χ3v) is 4.96. The Bertz CT molecular complexity index is 1140. The van der Waals surface area contributed by atoms with Crippen LogP contribution in [-0.2, 0) is 14.3 Å². The molecule has 0 radical (unpaired) electrons. The molecule has 0 saturated carbocycles. The van der Waals surface area contributed by atoms with Crippen molar-refractivity contribution in [3.05, 3.63) is 77.5 Å². The predicted octanol–water partition coefficient (Wildman–Crippen LogP) is 5.03. The molecule has 0 spiro atoms. The third-order valence-electron chi connectivity index (χ3n) is 4.96. The van der Waals surface area contributed by atoms with E-state index in [2.05, 4.69) is 6.07 Å². The van der Waals surface area contributed by atoms with E-state index in [1.54, 1.807) is 31.2 Å². The molecule has 0 saturated heterocycles. The van der Waals surface area contributed by atoms with Crippen molar-refractivity contribution in [2.45, 2.75) is 26.9 Å². The maximum Gasteiger partial charge on any atom is 0.344 e. The Labute approximate surface area is 199 Å². The number of aromatic nitrogens is 1. The minimum atomic E-state index is -0.427. The topological polar surface area (TPSA) is 90.7 Å². The number of rotatable bonds is 11. The number of hydrogen-bond donors (Lipinski definition) is 0. The van der Waals surface area contributed by atoms with Crippen molar-refractivity contribution >= 4 is 5.97 Å². The van der Waals surface area contributed by atoms with E-state index < -0.39 is 12.1 Å². The van der Waals surface area contributed by atoms with Crippen LogP contribution in [0.1, 0.15) is 36.8 Å². The second-order valence-electron chi connectivity index (χ2n) is 7.42. The van der Waals surface area contributed by atoms with E-state index in [4.69, 9.17) is 29.2 Å². The van der Waals surface area contributed by atoms with Gasteiger partial charge < -0.3 is 18.9 Å². The summed E-state index contributed by atoms with van der Waals surface area (Å²) in [5, 5.41) is 9.03. The highest BCUT2D eigenvalue weighted by atomic mass is 16.6. The van der Waals surface area contributed by atoms with Crippen LogP contribution < -0.4 is 9.47 Å². The summed E-state index contributed by atoms with van der Waals surface area (Å²) in [6.07, 6.45) is -0.427. The average molecular weight is 461 g/mol. The first-order chi connectivity index (χ1) is 16.5. The fraction of sp³-hybridized carbons (Fsp3) is 0.296. The summed E-state index contributed by atoms with van der Waals surface area (Å²) in [4.78, 5) is 16.3. The van der Waals surface area contributed by atoms with Crippen LogP contribution in [0.15, 0.2) is 60.7 Å². The highest BCUT2D eigenvalue weighted by molar-refractivity contribution is 5.71. The molecule has 7 heteroatoms. The quantitative estimate of drug-likeness (QED) is 0.371. The number of carbonyl (C=O) groups is 1. The second-order valence-corrected chi connectivity index (χ2v) is 7.42. The number of pyridine rings is 1. The number of aryl methyl sites for hydroxylation is 1. The van der Waals surface area contributed by atoms with Crippen molar-refractivity contribution in [1.82, 2.24) is 4.98 Å². The molecule has 7 nitrogen and oxygen atoms in total. The molecule has 2 aromatic carbocycles. The van der Waals surface area contributed by atoms with Crippen molar-refractivity contribution in [3.8, 4) is 28.8 Å². The largest absolute Gasteiger partial charge is 0.482 e. The van der Waals surface area contributed by atoms with Gasteiger partial charge in [0.1, 0.15) is 11.5 Å². The molecule has 3 aromatic rings. The molecule has 34 heavy (non-hydrogen) atoms. The van der Waals surface area contributed by atoms with E-state index in [0.29, 0.717) is 36.9 Å². The maximum absolute atomic E-state index is 11.6. The molecule has 0 amide bonds. The lowest BCUT2D eigenvalue weighted by Crippen LogP contribution is -2.17. The summed E-state index contributed by atoms with van der Waals surface area (Å²) < 4.78 is 22.4. The number of esters is 1. The van der Waals surface area contributed by atoms with Gasteiger partial charge in [-0.1, -0.05) is 18.2 Å². The van der Waals surface area contributed by atoms with Crippen LogP contribution in [0.3, 0.4) is 0 Å². The molecule has 0 fully saturated rings. The van der Waals surface area contributed by atoms with E-state index in [-0.39, 0.29) is 6.61 Å². The Morgan fingerprint density at radius 3 is 2.53 bits per heavy atom. The Morgan fingerprint density at radius 1 is 1.06 bits per heavy atom. The number of nitriles is 1. The lowest BCUT2D eigenvalue weighted by Gasteiger charge is -2.20. The van der Waals surface area contributed by atoms with Gasteiger partial charge >= 0.3 is 5.97 Å². The molecule has 1 aromatic heterocycles. The van der Waals surface area contributed by atoms with E-state index >= 15 is 0 Å². The molecule has 1 atom stereocenters. The molecular formula is C27H28N2O5. The van der Waals surface area contributed by atoms with Gasteiger partial charge in [-0.2, -0.15) is 5.26 Å². The molecule has 0 aliphatic rings. The molecule has 0 unspecified atom stereocenters. The average Bonchev–Trinajstić information content (AvgIpc) is 2.86. The summed E-state index contributed by atoms with van der Waals surface area (Å²) in [5.41, 5.74) is 3.86. The van der Waals surface area contributed by atoms with Gasteiger partial charge in [0, 0.05) is 12.2 Å². The Hall–Kier alpha value is -3.89. The number of hydrogen-bond acceptors (Lipinski definition) is 7. The summed E-state index contributed by atoms with van der Waals surface area (Å²) in [6, 6.07) is 20.6. The molecule has 176 valence electrons. The SMILES string of the molecule is CCOC[C@@H](Oc1ccc(OCC(=O)OCC)c(C)c1)c1cccc(-c2ccc(C#N)cc2)n1. The van der Waals surface area contributed by atoms with Crippen LogP contribution in [0.4, 0.5) is 0 Å². The number of carbonyl (C=O) groups excluding carboxylic acids is 1. The van der Waals surface area contributed by atoms with E-state index in [0.717, 1.165) is 22.5 Å². The standard InChI is InChI=1S/C27H28N2O5/c1-4-31-17-26(24-8-6-7-23(29-24)21-11-9-20(16-28)10-12-21)34-22-13-14-25(19(3)15-22)33-18-27(30)32-5-2/h6-15,26H,4-5,17-18H2,1-3H3/t26-/m1/s1. The van der Waals surface area contributed by atoms with E-state index in [1.165, 1.54) is 0 Å². The van der Waals surface area contributed by atoms with Gasteiger partial charge in [0.2, 0.25) is 0 Å². The summed E-state index contributed by atoms with van der Waals surface area (Å²) >= 11 is 0.